The van der Waals surface area contributed by atoms with E-state index in [1.165, 1.54) is 6.26 Å². The Balaban J connectivity index is 2.51. The van der Waals surface area contributed by atoms with Crippen LogP contribution < -0.4 is 5.32 Å². The van der Waals surface area contributed by atoms with Gasteiger partial charge in [-0.2, -0.15) is 0 Å². The largest absolute Gasteiger partial charge is 0.459 e. The first-order valence-electron chi connectivity index (χ1n) is 5.86. The Morgan fingerprint density at radius 2 is 2.24 bits per heavy atom. The van der Waals surface area contributed by atoms with Gasteiger partial charge in [0.15, 0.2) is 5.76 Å². The van der Waals surface area contributed by atoms with Crippen LogP contribution in [0.5, 0.6) is 0 Å². The molecule has 1 aromatic rings. The third-order valence-electron chi connectivity index (χ3n) is 2.55. The summed E-state index contributed by atoms with van der Waals surface area (Å²) in [5.74, 6) is 0.411. The zero-order valence-corrected chi connectivity index (χ0v) is 10.9. The maximum absolute atomic E-state index is 11.7. The third kappa shape index (κ3) is 4.23. The van der Waals surface area contributed by atoms with Crippen LogP contribution >= 0.6 is 0 Å². The fourth-order valence-corrected chi connectivity index (χ4v) is 1.91. The van der Waals surface area contributed by atoms with Crippen LogP contribution in [0.25, 0.3) is 0 Å². The first kappa shape index (κ1) is 13.8. The van der Waals surface area contributed by atoms with E-state index in [0.29, 0.717) is 18.1 Å². The van der Waals surface area contributed by atoms with Crippen molar-refractivity contribution in [3.63, 3.8) is 0 Å². The molecule has 0 saturated carbocycles. The fourth-order valence-electron chi connectivity index (χ4n) is 1.91. The second kappa shape index (κ2) is 5.36. The van der Waals surface area contributed by atoms with Crippen molar-refractivity contribution in [2.45, 2.75) is 39.7 Å². The molecule has 0 aliphatic heterocycles. The Kier molecular flexibility index (Phi) is 4.34. The van der Waals surface area contributed by atoms with E-state index in [4.69, 9.17) is 4.42 Å². The molecular formula is C13H21NO3. The molecule has 1 amide bonds. The zero-order valence-electron chi connectivity index (χ0n) is 10.9. The highest BCUT2D eigenvalue weighted by Crippen LogP contribution is 2.15. The van der Waals surface area contributed by atoms with Gasteiger partial charge in [0.1, 0.15) is 0 Å². The maximum Gasteiger partial charge on any atom is 0.287 e. The van der Waals surface area contributed by atoms with Crippen LogP contribution in [0.4, 0.5) is 0 Å². The summed E-state index contributed by atoms with van der Waals surface area (Å²) in [7, 11) is 0. The van der Waals surface area contributed by atoms with Crippen molar-refractivity contribution in [1.82, 2.24) is 5.32 Å². The van der Waals surface area contributed by atoms with Gasteiger partial charge in [0, 0.05) is 12.1 Å². The van der Waals surface area contributed by atoms with Gasteiger partial charge in [-0.25, -0.2) is 0 Å². The average molecular weight is 239 g/mol. The van der Waals surface area contributed by atoms with Gasteiger partial charge >= 0.3 is 0 Å². The Bertz CT molecular complexity index is 380. The van der Waals surface area contributed by atoms with Crippen molar-refractivity contribution in [2.24, 2.45) is 5.92 Å². The maximum atomic E-state index is 11.7. The minimum absolute atomic E-state index is 0.226. The summed E-state index contributed by atoms with van der Waals surface area (Å²) in [5, 5.41) is 12.7. The number of carbonyl (C=O) groups excluding carboxylic acids is 1. The van der Waals surface area contributed by atoms with E-state index >= 15 is 0 Å². The molecule has 4 nitrogen and oxygen atoms in total. The molecule has 0 bridgehead atoms. The highest BCUT2D eigenvalue weighted by Gasteiger charge is 2.23. The Morgan fingerprint density at radius 1 is 1.59 bits per heavy atom. The summed E-state index contributed by atoms with van der Waals surface area (Å²) in [5.41, 5.74) is -0.0874. The molecule has 1 unspecified atom stereocenters. The second-order valence-electron chi connectivity index (χ2n) is 5.21. The molecule has 96 valence electrons. The van der Waals surface area contributed by atoms with Crippen LogP contribution in [0.3, 0.4) is 0 Å². The van der Waals surface area contributed by atoms with Crippen molar-refractivity contribution in [2.75, 3.05) is 6.54 Å². The van der Waals surface area contributed by atoms with Crippen LogP contribution in [0.2, 0.25) is 0 Å². The number of aryl methyl sites for hydroxylation is 1. The van der Waals surface area contributed by atoms with Gasteiger partial charge < -0.3 is 14.8 Å². The highest BCUT2D eigenvalue weighted by atomic mass is 16.3. The Morgan fingerprint density at radius 3 is 2.71 bits per heavy atom. The number of hydrogen-bond acceptors (Lipinski definition) is 3. The van der Waals surface area contributed by atoms with Crippen molar-refractivity contribution >= 4 is 5.91 Å². The quantitative estimate of drug-likeness (QED) is 0.827. The van der Waals surface area contributed by atoms with E-state index < -0.39 is 5.60 Å². The lowest BCUT2D eigenvalue weighted by atomic mass is 9.94. The molecule has 0 radical (unpaired) electrons. The first-order chi connectivity index (χ1) is 7.82. The zero-order chi connectivity index (χ0) is 13.1. The molecule has 0 aliphatic carbocycles. The van der Waals surface area contributed by atoms with Crippen molar-refractivity contribution in [1.29, 1.82) is 0 Å². The van der Waals surface area contributed by atoms with E-state index in [1.807, 2.05) is 20.8 Å². The summed E-state index contributed by atoms with van der Waals surface area (Å²) >= 11 is 0. The lowest BCUT2D eigenvalue weighted by molar-refractivity contribution is 0.0363. The van der Waals surface area contributed by atoms with Gasteiger partial charge in [0.2, 0.25) is 0 Å². The minimum atomic E-state index is -0.885. The molecule has 1 rings (SSSR count). The predicted octanol–water partition coefficient (Wildman–Crippen LogP) is 2.11. The molecule has 0 aromatic carbocycles. The second-order valence-corrected chi connectivity index (χ2v) is 5.21. The van der Waals surface area contributed by atoms with Gasteiger partial charge in [0.25, 0.3) is 5.91 Å². The highest BCUT2D eigenvalue weighted by molar-refractivity contribution is 5.92. The monoisotopic (exact) mass is 239 g/mol. The van der Waals surface area contributed by atoms with Gasteiger partial charge in [-0.1, -0.05) is 13.8 Å². The van der Waals surface area contributed by atoms with Crippen LogP contribution in [-0.2, 0) is 0 Å². The number of carbonyl (C=O) groups is 1. The van der Waals surface area contributed by atoms with Gasteiger partial charge in [-0.15, -0.1) is 0 Å². The molecule has 4 heteroatoms. The molecule has 1 atom stereocenters. The summed E-state index contributed by atoms with van der Waals surface area (Å²) < 4.78 is 5.08. The molecule has 1 heterocycles. The standard InChI is InChI=1S/C13H21NO3/c1-9(2)7-13(4,16)8-14-12(15)11-10(3)5-6-17-11/h5-6,9,16H,7-8H2,1-4H3,(H,14,15). The molecule has 0 aliphatic rings. The fraction of sp³-hybridized carbons (Fsp3) is 0.615. The predicted molar refractivity (Wildman–Crippen MR) is 65.9 cm³/mol. The SMILES string of the molecule is Cc1ccoc1C(=O)NCC(C)(O)CC(C)C. The third-order valence-corrected chi connectivity index (χ3v) is 2.55. The summed E-state index contributed by atoms with van der Waals surface area (Å²) in [6, 6.07) is 1.74. The van der Waals surface area contributed by atoms with Gasteiger partial charge in [0.05, 0.1) is 11.9 Å². The molecule has 0 fully saturated rings. The number of rotatable bonds is 5. The van der Waals surface area contributed by atoms with Crippen LogP contribution in [0.15, 0.2) is 16.7 Å². The molecule has 0 spiro atoms. The molecule has 1 aromatic heterocycles. The van der Waals surface area contributed by atoms with E-state index in [9.17, 15) is 9.90 Å². The Hall–Kier alpha value is -1.29. The lowest BCUT2D eigenvalue weighted by Crippen LogP contribution is -2.41. The normalized spacial score (nSPS) is 14.7. The van der Waals surface area contributed by atoms with Crippen molar-refractivity contribution in [3.8, 4) is 0 Å². The summed E-state index contributed by atoms with van der Waals surface area (Å²) in [4.78, 5) is 11.7. The molecule has 17 heavy (non-hydrogen) atoms. The number of amides is 1. The first-order valence-corrected chi connectivity index (χ1v) is 5.86. The topological polar surface area (TPSA) is 62.5 Å². The number of aliphatic hydroxyl groups is 1. The Labute approximate surface area is 102 Å². The van der Waals surface area contributed by atoms with E-state index in [-0.39, 0.29) is 12.5 Å². The van der Waals surface area contributed by atoms with Crippen LogP contribution in [-0.4, -0.2) is 23.2 Å². The van der Waals surface area contributed by atoms with Crippen molar-refractivity contribution < 1.29 is 14.3 Å². The van der Waals surface area contributed by atoms with Gasteiger partial charge in [-0.05, 0) is 32.3 Å². The molecule has 0 saturated heterocycles. The molecule has 2 N–H and O–H groups in total. The smallest absolute Gasteiger partial charge is 0.287 e. The van der Waals surface area contributed by atoms with E-state index in [2.05, 4.69) is 5.32 Å². The lowest BCUT2D eigenvalue weighted by Gasteiger charge is -2.25. The minimum Gasteiger partial charge on any atom is -0.459 e. The van der Waals surface area contributed by atoms with E-state index in [1.54, 1.807) is 13.0 Å². The van der Waals surface area contributed by atoms with E-state index in [0.717, 1.165) is 5.56 Å². The van der Waals surface area contributed by atoms with Crippen LogP contribution in [0, 0.1) is 12.8 Å². The van der Waals surface area contributed by atoms with Crippen molar-refractivity contribution in [3.05, 3.63) is 23.7 Å². The van der Waals surface area contributed by atoms with Gasteiger partial charge in [-0.3, -0.25) is 4.79 Å². The number of hydrogen-bond donors (Lipinski definition) is 2. The molecular weight excluding hydrogens is 218 g/mol. The number of nitrogens with one attached hydrogen (secondary N) is 1. The average Bonchev–Trinajstić information content (AvgIpc) is 2.59. The number of furan rings is 1. The summed E-state index contributed by atoms with van der Waals surface area (Å²) in [6.45, 7) is 7.83. The summed E-state index contributed by atoms with van der Waals surface area (Å²) in [6.07, 6.45) is 2.13. The van der Waals surface area contributed by atoms with Crippen LogP contribution in [0.1, 0.15) is 43.3 Å².